The van der Waals surface area contributed by atoms with Gasteiger partial charge in [0.1, 0.15) is 0 Å². The summed E-state index contributed by atoms with van der Waals surface area (Å²) >= 11 is 0. The van der Waals surface area contributed by atoms with Gasteiger partial charge in [-0.15, -0.1) is 0 Å². The van der Waals surface area contributed by atoms with E-state index in [9.17, 15) is 9.50 Å². The number of aliphatic hydroxyl groups excluding tert-OH is 1. The van der Waals surface area contributed by atoms with Gasteiger partial charge in [-0.3, -0.25) is 4.90 Å². The lowest BCUT2D eigenvalue weighted by Gasteiger charge is -2.33. The van der Waals surface area contributed by atoms with Gasteiger partial charge in [0.2, 0.25) is 11.8 Å². The van der Waals surface area contributed by atoms with Gasteiger partial charge in [-0.1, -0.05) is 6.42 Å². The van der Waals surface area contributed by atoms with Gasteiger partial charge in [0.15, 0.2) is 0 Å². The molecule has 0 unspecified atom stereocenters. The van der Waals surface area contributed by atoms with Crippen LogP contribution >= 0.6 is 0 Å². The predicted molar refractivity (Wildman–Crippen MR) is 76.0 cm³/mol. The molecule has 0 amide bonds. The summed E-state index contributed by atoms with van der Waals surface area (Å²) in [7, 11) is 1.38. The van der Waals surface area contributed by atoms with Crippen molar-refractivity contribution in [3.8, 4) is 5.88 Å². The van der Waals surface area contributed by atoms with Gasteiger partial charge in [0.05, 0.1) is 25.5 Å². The summed E-state index contributed by atoms with van der Waals surface area (Å²) in [5.41, 5.74) is 0. The topological polar surface area (TPSA) is 61.7 Å². The second-order valence-corrected chi connectivity index (χ2v) is 5.66. The smallest absolute Gasteiger partial charge is 0.255 e. The number of piperidine rings is 1. The van der Waals surface area contributed by atoms with Crippen molar-refractivity contribution in [3.05, 3.63) is 12.0 Å². The van der Waals surface area contributed by atoms with Crippen molar-refractivity contribution in [3.63, 3.8) is 0 Å². The van der Waals surface area contributed by atoms with E-state index < -0.39 is 11.9 Å². The quantitative estimate of drug-likeness (QED) is 0.884. The van der Waals surface area contributed by atoms with E-state index in [-0.39, 0.29) is 11.9 Å². The molecule has 21 heavy (non-hydrogen) atoms. The standard InChI is InChI=1S/C14H21FN4O2/c1-21-13-10(15)7-16-14(17-13)19-8-11(12(20)9-19)18-5-3-2-4-6-18/h7,11-12,20H,2-6,8-9H2,1H3/t11-,12-/m0/s1. The Morgan fingerprint density at radius 1 is 1.29 bits per heavy atom. The van der Waals surface area contributed by atoms with Crippen LogP contribution in [0.2, 0.25) is 0 Å². The molecular formula is C14H21FN4O2. The van der Waals surface area contributed by atoms with Crippen LogP contribution in [0.3, 0.4) is 0 Å². The maximum absolute atomic E-state index is 13.4. The molecule has 1 N–H and O–H groups in total. The van der Waals surface area contributed by atoms with E-state index in [0.29, 0.717) is 19.0 Å². The van der Waals surface area contributed by atoms with E-state index >= 15 is 0 Å². The molecule has 2 aliphatic rings. The van der Waals surface area contributed by atoms with Crippen LogP contribution in [0.1, 0.15) is 19.3 Å². The third-order valence-corrected chi connectivity index (χ3v) is 4.29. The second-order valence-electron chi connectivity index (χ2n) is 5.66. The van der Waals surface area contributed by atoms with Crippen molar-refractivity contribution in [1.29, 1.82) is 0 Å². The van der Waals surface area contributed by atoms with Gasteiger partial charge in [-0.05, 0) is 25.9 Å². The number of aliphatic hydroxyl groups is 1. The molecule has 0 radical (unpaired) electrons. The molecule has 2 fully saturated rings. The number of ether oxygens (including phenoxy) is 1. The number of methoxy groups -OCH3 is 1. The maximum Gasteiger partial charge on any atom is 0.255 e. The highest BCUT2D eigenvalue weighted by atomic mass is 19.1. The van der Waals surface area contributed by atoms with Crippen LogP contribution in [0, 0.1) is 5.82 Å². The molecule has 0 bridgehead atoms. The maximum atomic E-state index is 13.4. The molecular weight excluding hydrogens is 275 g/mol. The van der Waals surface area contributed by atoms with Gasteiger partial charge in [0, 0.05) is 13.1 Å². The summed E-state index contributed by atoms with van der Waals surface area (Å²) in [6, 6.07) is 0.102. The number of hydrogen-bond acceptors (Lipinski definition) is 6. The molecule has 1 aromatic rings. The van der Waals surface area contributed by atoms with Crippen LogP contribution in [0.4, 0.5) is 10.3 Å². The fourth-order valence-electron chi connectivity index (χ4n) is 3.18. The summed E-state index contributed by atoms with van der Waals surface area (Å²) < 4.78 is 18.3. The third kappa shape index (κ3) is 2.94. The first-order valence-electron chi connectivity index (χ1n) is 7.42. The highest BCUT2D eigenvalue weighted by Gasteiger charge is 2.37. The highest BCUT2D eigenvalue weighted by Crippen LogP contribution is 2.25. The van der Waals surface area contributed by atoms with E-state index in [0.717, 1.165) is 19.3 Å². The molecule has 0 saturated carbocycles. The van der Waals surface area contributed by atoms with Crippen molar-refractivity contribution < 1.29 is 14.2 Å². The van der Waals surface area contributed by atoms with E-state index in [1.54, 1.807) is 0 Å². The normalized spacial score (nSPS) is 27.1. The second kappa shape index (κ2) is 6.11. The molecule has 116 valence electrons. The minimum absolute atomic E-state index is 0.0593. The number of anilines is 1. The lowest BCUT2D eigenvalue weighted by Crippen LogP contribution is -2.45. The average Bonchev–Trinajstić information content (AvgIpc) is 2.90. The molecule has 1 aromatic heterocycles. The zero-order valence-electron chi connectivity index (χ0n) is 12.2. The van der Waals surface area contributed by atoms with Crippen molar-refractivity contribution >= 4 is 5.95 Å². The summed E-state index contributed by atoms with van der Waals surface area (Å²) in [5.74, 6) is -0.226. The van der Waals surface area contributed by atoms with Crippen LogP contribution in [0.15, 0.2) is 6.20 Å². The van der Waals surface area contributed by atoms with Gasteiger partial charge < -0.3 is 14.7 Å². The summed E-state index contributed by atoms with van der Waals surface area (Å²) in [4.78, 5) is 12.3. The van der Waals surface area contributed by atoms with Gasteiger partial charge in [-0.25, -0.2) is 4.98 Å². The van der Waals surface area contributed by atoms with Gasteiger partial charge in [-0.2, -0.15) is 9.37 Å². The lowest BCUT2D eigenvalue weighted by atomic mass is 10.1. The van der Waals surface area contributed by atoms with Crippen molar-refractivity contribution in [2.75, 3.05) is 38.2 Å². The minimum atomic E-state index is -0.575. The Labute approximate surface area is 123 Å². The molecule has 0 aromatic carbocycles. The Balaban J connectivity index is 1.73. The van der Waals surface area contributed by atoms with Crippen LogP contribution in [0.25, 0.3) is 0 Å². The molecule has 0 spiro atoms. The third-order valence-electron chi connectivity index (χ3n) is 4.29. The minimum Gasteiger partial charge on any atom is -0.479 e. The Morgan fingerprint density at radius 2 is 2.05 bits per heavy atom. The Bertz CT molecular complexity index is 496. The predicted octanol–water partition coefficient (Wildman–Crippen LogP) is 0.660. The van der Waals surface area contributed by atoms with E-state index in [2.05, 4.69) is 14.9 Å². The first kappa shape index (κ1) is 14.5. The van der Waals surface area contributed by atoms with Crippen LogP contribution in [-0.2, 0) is 0 Å². The molecule has 6 nitrogen and oxygen atoms in total. The zero-order chi connectivity index (χ0) is 14.8. The lowest BCUT2D eigenvalue weighted by molar-refractivity contribution is 0.0706. The monoisotopic (exact) mass is 296 g/mol. The van der Waals surface area contributed by atoms with Gasteiger partial charge in [0.25, 0.3) is 5.88 Å². The van der Waals surface area contributed by atoms with Crippen molar-refractivity contribution in [2.24, 2.45) is 0 Å². The number of rotatable bonds is 3. The number of halogens is 1. The number of β-amino-alcohol motifs (C(OH)–C–C–N with tert-alkyl or cyclic N) is 1. The summed E-state index contributed by atoms with van der Waals surface area (Å²) in [6.45, 7) is 3.19. The molecule has 7 heteroatoms. The zero-order valence-corrected chi connectivity index (χ0v) is 12.2. The van der Waals surface area contributed by atoms with Gasteiger partial charge >= 0.3 is 0 Å². The molecule has 2 atom stereocenters. The van der Waals surface area contributed by atoms with E-state index in [1.807, 2.05) is 4.90 Å². The van der Waals surface area contributed by atoms with Crippen LogP contribution in [0.5, 0.6) is 5.88 Å². The number of hydrogen-bond donors (Lipinski definition) is 1. The summed E-state index contributed by atoms with van der Waals surface area (Å²) in [5, 5.41) is 10.3. The molecule has 3 heterocycles. The molecule has 2 saturated heterocycles. The first-order chi connectivity index (χ1) is 10.2. The summed E-state index contributed by atoms with van der Waals surface area (Å²) in [6.07, 6.45) is 4.32. The number of nitrogens with zero attached hydrogens (tertiary/aromatic N) is 4. The SMILES string of the molecule is COc1nc(N2C[C@H](O)[C@@H](N3CCCCC3)C2)ncc1F. The van der Waals surface area contributed by atoms with E-state index in [4.69, 9.17) is 4.74 Å². The van der Waals surface area contributed by atoms with Crippen molar-refractivity contribution in [2.45, 2.75) is 31.4 Å². The Kier molecular flexibility index (Phi) is 4.21. The Morgan fingerprint density at radius 3 is 2.76 bits per heavy atom. The van der Waals surface area contributed by atoms with E-state index in [1.165, 1.54) is 26.4 Å². The van der Waals surface area contributed by atoms with Crippen LogP contribution < -0.4 is 9.64 Å². The first-order valence-corrected chi connectivity index (χ1v) is 7.42. The fraction of sp³-hybridized carbons (Fsp3) is 0.714. The highest BCUT2D eigenvalue weighted by molar-refractivity contribution is 5.35. The fourth-order valence-corrected chi connectivity index (χ4v) is 3.18. The molecule has 2 aliphatic heterocycles. The molecule has 0 aliphatic carbocycles. The largest absolute Gasteiger partial charge is 0.479 e. The average molecular weight is 296 g/mol. The van der Waals surface area contributed by atoms with Crippen LogP contribution in [-0.4, -0.2) is 65.4 Å². The molecule has 3 rings (SSSR count). The Hall–Kier alpha value is -1.47. The number of likely N-dealkylation sites (tertiary alicyclic amines) is 1. The number of aromatic nitrogens is 2. The van der Waals surface area contributed by atoms with Crippen molar-refractivity contribution in [1.82, 2.24) is 14.9 Å².